The van der Waals surface area contributed by atoms with Crippen molar-refractivity contribution in [2.75, 3.05) is 4.72 Å². The smallest absolute Gasteiger partial charge is 0.263 e. The number of benzene rings is 2. The summed E-state index contributed by atoms with van der Waals surface area (Å²) in [5, 5.41) is 4.44. The first-order chi connectivity index (χ1) is 12.9. The molecule has 5 nitrogen and oxygen atoms in total. The maximum Gasteiger partial charge on any atom is 0.263 e. The van der Waals surface area contributed by atoms with Crippen molar-refractivity contribution in [3.05, 3.63) is 76.7 Å². The average Bonchev–Trinajstić information content (AvgIpc) is 3.05. The van der Waals surface area contributed by atoms with Crippen LogP contribution in [0.1, 0.15) is 24.5 Å². The standard InChI is InChI=1S/C19H19ClFN3O2S/c1-2-4-14-7-9-15(10-8-14)27(25,26)23-19-11-12-24(22-19)13-16-17(20)5-3-6-18(16)21/h3,5-12H,2,4,13H2,1H3,(H,22,23). The highest BCUT2D eigenvalue weighted by Gasteiger charge is 2.16. The van der Waals surface area contributed by atoms with E-state index in [2.05, 4.69) is 16.7 Å². The molecule has 0 aliphatic heterocycles. The van der Waals surface area contributed by atoms with Crippen molar-refractivity contribution < 1.29 is 12.8 Å². The van der Waals surface area contributed by atoms with Crippen LogP contribution in [-0.4, -0.2) is 18.2 Å². The average molecular weight is 408 g/mol. The van der Waals surface area contributed by atoms with E-state index in [1.54, 1.807) is 36.5 Å². The minimum absolute atomic E-state index is 0.0962. The van der Waals surface area contributed by atoms with E-state index in [-0.39, 0.29) is 17.3 Å². The molecule has 0 unspecified atom stereocenters. The Morgan fingerprint density at radius 1 is 1.15 bits per heavy atom. The van der Waals surface area contributed by atoms with Gasteiger partial charge in [-0.25, -0.2) is 12.8 Å². The highest BCUT2D eigenvalue weighted by molar-refractivity contribution is 7.92. The number of sulfonamides is 1. The molecule has 0 amide bonds. The minimum Gasteiger partial charge on any atom is -0.266 e. The summed E-state index contributed by atoms with van der Waals surface area (Å²) in [4.78, 5) is 0.161. The number of rotatable bonds is 7. The molecule has 0 bridgehead atoms. The topological polar surface area (TPSA) is 64.0 Å². The molecule has 0 spiro atoms. The molecule has 0 fully saturated rings. The Morgan fingerprint density at radius 2 is 1.89 bits per heavy atom. The van der Waals surface area contributed by atoms with Gasteiger partial charge in [-0.15, -0.1) is 0 Å². The lowest BCUT2D eigenvalue weighted by Crippen LogP contribution is -2.14. The van der Waals surface area contributed by atoms with Gasteiger partial charge in [0.15, 0.2) is 5.82 Å². The first-order valence-corrected chi connectivity index (χ1v) is 10.3. The highest BCUT2D eigenvalue weighted by atomic mass is 35.5. The zero-order valence-corrected chi connectivity index (χ0v) is 16.3. The summed E-state index contributed by atoms with van der Waals surface area (Å²) in [7, 11) is -3.75. The van der Waals surface area contributed by atoms with Gasteiger partial charge >= 0.3 is 0 Å². The molecule has 8 heteroatoms. The van der Waals surface area contributed by atoms with Gasteiger partial charge in [0.2, 0.25) is 0 Å². The Kier molecular flexibility index (Phi) is 5.82. The lowest BCUT2D eigenvalue weighted by Gasteiger charge is -2.07. The lowest BCUT2D eigenvalue weighted by atomic mass is 10.1. The van der Waals surface area contributed by atoms with E-state index in [9.17, 15) is 12.8 Å². The molecule has 3 aromatic rings. The van der Waals surface area contributed by atoms with Crippen LogP contribution < -0.4 is 4.72 Å². The van der Waals surface area contributed by atoms with E-state index in [0.717, 1.165) is 18.4 Å². The summed E-state index contributed by atoms with van der Waals surface area (Å²) in [5.41, 5.74) is 1.38. The number of anilines is 1. The predicted molar refractivity (Wildman–Crippen MR) is 104 cm³/mol. The third kappa shape index (κ3) is 4.67. The van der Waals surface area contributed by atoms with E-state index in [0.29, 0.717) is 10.6 Å². The van der Waals surface area contributed by atoms with Gasteiger partial charge in [-0.1, -0.05) is 43.1 Å². The maximum absolute atomic E-state index is 13.9. The number of hydrogen-bond donors (Lipinski definition) is 1. The fourth-order valence-corrected chi connectivity index (χ4v) is 3.89. The van der Waals surface area contributed by atoms with Crippen molar-refractivity contribution >= 4 is 27.4 Å². The van der Waals surface area contributed by atoms with Gasteiger partial charge in [0.05, 0.1) is 11.4 Å². The van der Waals surface area contributed by atoms with Crippen molar-refractivity contribution in [1.29, 1.82) is 0 Å². The van der Waals surface area contributed by atoms with E-state index < -0.39 is 15.8 Å². The van der Waals surface area contributed by atoms with Gasteiger partial charge < -0.3 is 0 Å². The second-order valence-electron chi connectivity index (χ2n) is 6.10. The minimum atomic E-state index is -3.75. The summed E-state index contributed by atoms with van der Waals surface area (Å²) < 4.78 is 42.8. The monoisotopic (exact) mass is 407 g/mol. The number of halogens is 2. The molecule has 0 saturated heterocycles. The SMILES string of the molecule is CCCc1ccc(S(=O)(=O)Nc2ccn(Cc3c(F)cccc3Cl)n2)cc1. The van der Waals surface area contributed by atoms with Crippen molar-refractivity contribution in [2.24, 2.45) is 0 Å². The third-order valence-corrected chi connectivity index (χ3v) is 5.76. The zero-order valence-electron chi connectivity index (χ0n) is 14.7. The normalized spacial score (nSPS) is 11.5. The molecule has 1 heterocycles. The zero-order chi connectivity index (χ0) is 19.4. The number of aryl methyl sites for hydroxylation is 1. The molecule has 0 atom stereocenters. The van der Waals surface area contributed by atoms with Crippen LogP contribution in [0.2, 0.25) is 5.02 Å². The van der Waals surface area contributed by atoms with Crippen molar-refractivity contribution in [1.82, 2.24) is 9.78 Å². The van der Waals surface area contributed by atoms with Gasteiger partial charge in [-0.05, 0) is 36.2 Å². The summed E-state index contributed by atoms with van der Waals surface area (Å²) >= 11 is 6.02. The summed E-state index contributed by atoms with van der Waals surface area (Å²) in [5.74, 6) is -0.285. The maximum atomic E-state index is 13.9. The predicted octanol–water partition coefficient (Wildman–Crippen LogP) is 4.48. The number of nitrogens with zero attached hydrogens (tertiary/aromatic N) is 2. The molecule has 3 rings (SSSR count). The third-order valence-electron chi connectivity index (χ3n) is 4.03. The number of nitrogens with one attached hydrogen (secondary N) is 1. The fraction of sp³-hybridized carbons (Fsp3) is 0.211. The van der Waals surface area contributed by atoms with Gasteiger partial charge in [0, 0.05) is 22.8 Å². The molecule has 0 aliphatic carbocycles. The van der Waals surface area contributed by atoms with Gasteiger partial charge in [0.1, 0.15) is 5.82 Å². The van der Waals surface area contributed by atoms with E-state index in [4.69, 9.17) is 11.6 Å². The molecule has 1 aromatic heterocycles. The highest BCUT2D eigenvalue weighted by Crippen LogP contribution is 2.21. The molecule has 0 saturated carbocycles. The van der Waals surface area contributed by atoms with Gasteiger partial charge in [-0.2, -0.15) is 5.10 Å². The second kappa shape index (κ2) is 8.10. The molecule has 142 valence electrons. The first kappa shape index (κ1) is 19.4. The Labute approximate surface area is 162 Å². The van der Waals surface area contributed by atoms with Crippen LogP contribution in [0.4, 0.5) is 10.2 Å². The van der Waals surface area contributed by atoms with Crippen molar-refractivity contribution in [2.45, 2.75) is 31.2 Å². The van der Waals surface area contributed by atoms with Crippen LogP contribution in [0.15, 0.2) is 59.6 Å². The Hall–Kier alpha value is -2.38. The van der Waals surface area contributed by atoms with Crippen LogP contribution >= 0.6 is 11.6 Å². The van der Waals surface area contributed by atoms with Gasteiger partial charge in [-0.3, -0.25) is 9.40 Å². The quantitative estimate of drug-likeness (QED) is 0.628. The molecule has 0 aliphatic rings. The molecule has 0 radical (unpaired) electrons. The van der Waals surface area contributed by atoms with Crippen LogP contribution in [0.5, 0.6) is 0 Å². The molecular formula is C19H19ClFN3O2S. The molecule has 27 heavy (non-hydrogen) atoms. The largest absolute Gasteiger partial charge is 0.266 e. The Morgan fingerprint density at radius 3 is 2.56 bits per heavy atom. The Bertz CT molecular complexity index is 1010. The van der Waals surface area contributed by atoms with Crippen LogP contribution in [0.25, 0.3) is 0 Å². The summed E-state index contributed by atoms with van der Waals surface area (Å²) in [6.07, 6.45) is 3.45. The number of hydrogen-bond acceptors (Lipinski definition) is 3. The summed E-state index contributed by atoms with van der Waals surface area (Å²) in [6, 6.07) is 12.7. The van der Waals surface area contributed by atoms with Crippen LogP contribution in [0, 0.1) is 5.82 Å². The Balaban J connectivity index is 1.74. The van der Waals surface area contributed by atoms with E-state index in [1.165, 1.54) is 22.9 Å². The van der Waals surface area contributed by atoms with Crippen molar-refractivity contribution in [3.63, 3.8) is 0 Å². The first-order valence-electron chi connectivity index (χ1n) is 8.47. The van der Waals surface area contributed by atoms with Crippen LogP contribution in [-0.2, 0) is 23.0 Å². The summed E-state index contributed by atoms with van der Waals surface area (Å²) in [6.45, 7) is 2.16. The van der Waals surface area contributed by atoms with E-state index >= 15 is 0 Å². The second-order valence-corrected chi connectivity index (χ2v) is 8.19. The van der Waals surface area contributed by atoms with Gasteiger partial charge in [0.25, 0.3) is 10.0 Å². The molecular weight excluding hydrogens is 389 g/mol. The molecule has 2 aromatic carbocycles. The lowest BCUT2D eigenvalue weighted by molar-refractivity contribution is 0.585. The van der Waals surface area contributed by atoms with Crippen molar-refractivity contribution in [3.8, 4) is 0 Å². The fourth-order valence-electron chi connectivity index (χ4n) is 2.67. The number of aromatic nitrogens is 2. The van der Waals surface area contributed by atoms with E-state index in [1.807, 2.05) is 0 Å². The molecule has 1 N–H and O–H groups in total. The van der Waals surface area contributed by atoms with Crippen LogP contribution in [0.3, 0.4) is 0 Å².